The molecule has 1 aromatic carbocycles. The van der Waals surface area contributed by atoms with E-state index in [1.54, 1.807) is 6.08 Å². The van der Waals surface area contributed by atoms with Crippen LogP contribution in [0.4, 0.5) is 0 Å². The molecule has 0 bridgehead atoms. The van der Waals surface area contributed by atoms with Gasteiger partial charge in [-0.25, -0.2) is 0 Å². The molecule has 5 heteroatoms. The van der Waals surface area contributed by atoms with E-state index in [-0.39, 0.29) is 5.91 Å². The molecule has 0 aliphatic carbocycles. The summed E-state index contributed by atoms with van der Waals surface area (Å²) in [5.41, 5.74) is 1.75. The van der Waals surface area contributed by atoms with Gasteiger partial charge in [0.1, 0.15) is 0 Å². The maximum Gasteiger partial charge on any atom is 0.244 e. The lowest BCUT2D eigenvalue weighted by molar-refractivity contribution is -0.116. The van der Waals surface area contributed by atoms with Crippen LogP contribution in [0.15, 0.2) is 60.8 Å². The number of pyridine rings is 1. The van der Waals surface area contributed by atoms with Gasteiger partial charge in [-0.1, -0.05) is 36.4 Å². The molecule has 0 fully saturated rings. The van der Waals surface area contributed by atoms with Gasteiger partial charge < -0.3 is 5.32 Å². The second-order valence-electron chi connectivity index (χ2n) is 4.51. The SMILES string of the molecule is O=C(/C=C/c1ccccc1)NCc1nnc2ccccn12. The van der Waals surface area contributed by atoms with E-state index in [9.17, 15) is 4.79 Å². The van der Waals surface area contributed by atoms with Gasteiger partial charge in [-0.05, 0) is 23.8 Å². The highest BCUT2D eigenvalue weighted by atomic mass is 16.1. The van der Waals surface area contributed by atoms with E-state index in [1.165, 1.54) is 6.08 Å². The Morgan fingerprint density at radius 2 is 1.90 bits per heavy atom. The van der Waals surface area contributed by atoms with Crippen LogP contribution >= 0.6 is 0 Å². The van der Waals surface area contributed by atoms with E-state index in [0.29, 0.717) is 12.4 Å². The van der Waals surface area contributed by atoms with Crippen molar-refractivity contribution in [1.82, 2.24) is 19.9 Å². The van der Waals surface area contributed by atoms with Gasteiger partial charge in [0.2, 0.25) is 5.91 Å². The zero-order chi connectivity index (χ0) is 14.5. The summed E-state index contributed by atoms with van der Waals surface area (Å²) in [6.45, 7) is 0.336. The molecule has 0 saturated heterocycles. The first-order chi connectivity index (χ1) is 10.3. The number of nitrogens with zero attached hydrogens (tertiary/aromatic N) is 3. The number of rotatable bonds is 4. The van der Waals surface area contributed by atoms with Gasteiger partial charge >= 0.3 is 0 Å². The molecule has 21 heavy (non-hydrogen) atoms. The van der Waals surface area contributed by atoms with E-state index in [1.807, 2.05) is 59.1 Å². The van der Waals surface area contributed by atoms with Gasteiger partial charge in [-0.2, -0.15) is 0 Å². The molecule has 0 atom stereocenters. The predicted octanol–water partition coefficient (Wildman–Crippen LogP) is 2.06. The summed E-state index contributed by atoms with van der Waals surface area (Å²) >= 11 is 0. The highest BCUT2D eigenvalue weighted by molar-refractivity contribution is 5.91. The third kappa shape index (κ3) is 3.14. The fraction of sp³-hybridized carbons (Fsp3) is 0.0625. The van der Waals surface area contributed by atoms with Gasteiger partial charge in [0, 0.05) is 12.3 Å². The topological polar surface area (TPSA) is 59.3 Å². The first kappa shape index (κ1) is 13.1. The van der Waals surface area contributed by atoms with Gasteiger partial charge in [0.05, 0.1) is 6.54 Å². The van der Waals surface area contributed by atoms with Crippen molar-refractivity contribution in [2.75, 3.05) is 0 Å². The van der Waals surface area contributed by atoms with Crippen LogP contribution in [0.3, 0.4) is 0 Å². The zero-order valence-corrected chi connectivity index (χ0v) is 11.3. The van der Waals surface area contributed by atoms with E-state index in [0.717, 1.165) is 11.2 Å². The fourth-order valence-electron chi connectivity index (χ4n) is 1.97. The standard InChI is InChI=1S/C16H14N4O/c21-16(10-9-13-6-2-1-3-7-13)17-12-15-19-18-14-8-4-5-11-20(14)15/h1-11H,12H2,(H,17,21)/b10-9+. The van der Waals surface area contributed by atoms with Crippen LogP contribution < -0.4 is 5.32 Å². The highest BCUT2D eigenvalue weighted by Gasteiger charge is 2.04. The number of nitrogens with one attached hydrogen (secondary N) is 1. The molecule has 0 radical (unpaired) electrons. The number of benzene rings is 1. The van der Waals surface area contributed by atoms with Crippen molar-refractivity contribution in [3.63, 3.8) is 0 Å². The molecule has 2 aromatic heterocycles. The summed E-state index contributed by atoms with van der Waals surface area (Å²) in [4.78, 5) is 11.8. The Kier molecular flexibility index (Phi) is 3.73. The first-order valence-electron chi connectivity index (χ1n) is 6.62. The summed E-state index contributed by atoms with van der Waals surface area (Å²) in [5, 5.41) is 10.9. The van der Waals surface area contributed by atoms with Crippen LogP contribution in [-0.4, -0.2) is 20.5 Å². The summed E-state index contributed by atoms with van der Waals surface area (Å²) in [6.07, 6.45) is 5.16. The van der Waals surface area contributed by atoms with E-state index in [2.05, 4.69) is 15.5 Å². The van der Waals surface area contributed by atoms with Gasteiger partial charge in [-0.15, -0.1) is 10.2 Å². The Bertz CT molecular complexity index is 777. The van der Waals surface area contributed by atoms with Crippen LogP contribution in [-0.2, 0) is 11.3 Å². The minimum absolute atomic E-state index is 0.161. The Morgan fingerprint density at radius 1 is 1.10 bits per heavy atom. The summed E-state index contributed by atoms with van der Waals surface area (Å²) in [5.74, 6) is 0.540. The third-order valence-electron chi connectivity index (χ3n) is 3.03. The predicted molar refractivity (Wildman–Crippen MR) is 80.3 cm³/mol. The Labute approximate surface area is 121 Å². The van der Waals surface area contributed by atoms with Crippen molar-refractivity contribution >= 4 is 17.6 Å². The summed E-state index contributed by atoms with van der Waals surface area (Å²) < 4.78 is 1.85. The molecule has 1 N–H and O–H groups in total. The van der Waals surface area contributed by atoms with E-state index < -0.39 is 0 Å². The summed E-state index contributed by atoms with van der Waals surface area (Å²) in [6, 6.07) is 15.3. The van der Waals surface area contributed by atoms with Crippen molar-refractivity contribution in [2.45, 2.75) is 6.54 Å². The van der Waals surface area contributed by atoms with Crippen LogP contribution in [0.25, 0.3) is 11.7 Å². The molecule has 3 aromatic rings. The number of carbonyl (C=O) groups is 1. The molecule has 0 aliphatic rings. The lowest BCUT2D eigenvalue weighted by Crippen LogP contribution is -2.21. The minimum atomic E-state index is -0.161. The molecule has 3 rings (SSSR count). The first-order valence-corrected chi connectivity index (χ1v) is 6.62. The van der Waals surface area contributed by atoms with Crippen molar-refractivity contribution < 1.29 is 4.79 Å². The molecule has 0 saturated carbocycles. The van der Waals surface area contributed by atoms with E-state index in [4.69, 9.17) is 0 Å². The smallest absolute Gasteiger partial charge is 0.244 e. The lowest BCUT2D eigenvalue weighted by atomic mass is 10.2. The second-order valence-corrected chi connectivity index (χ2v) is 4.51. The number of hydrogen-bond acceptors (Lipinski definition) is 3. The molecule has 1 amide bonds. The normalized spacial score (nSPS) is 11.0. The molecular weight excluding hydrogens is 264 g/mol. The molecule has 0 aliphatic heterocycles. The maximum absolute atomic E-state index is 11.8. The lowest BCUT2D eigenvalue weighted by Gasteiger charge is -2.00. The minimum Gasteiger partial charge on any atom is -0.345 e. The van der Waals surface area contributed by atoms with Crippen LogP contribution in [0.5, 0.6) is 0 Å². The number of hydrogen-bond donors (Lipinski definition) is 1. The molecule has 0 unspecified atom stereocenters. The largest absolute Gasteiger partial charge is 0.345 e. The molecule has 104 valence electrons. The van der Waals surface area contributed by atoms with Crippen LogP contribution in [0, 0.1) is 0 Å². The maximum atomic E-state index is 11.8. The van der Waals surface area contributed by atoms with Crippen LogP contribution in [0.1, 0.15) is 11.4 Å². The average molecular weight is 278 g/mol. The van der Waals surface area contributed by atoms with Crippen molar-refractivity contribution in [2.24, 2.45) is 0 Å². The zero-order valence-electron chi connectivity index (χ0n) is 11.3. The monoisotopic (exact) mass is 278 g/mol. The molecular formula is C16H14N4O. The third-order valence-corrected chi connectivity index (χ3v) is 3.03. The average Bonchev–Trinajstić information content (AvgIpc) is 2.95. The van der Waals surface area contributed by atoms with Gasteiger partial charge in [0.25, 0.3) is 0 Å². The number of carbonyl (C=O) groups excluding carboxylic acids is 1. The van der Waals surface area contributed by atoms with E-state index >= 15 is 0 Å². The van der Waals surface area contributed by atoms with Crippen molar-refractivity contribution in [3.05, 3.63) is 72.2 Å². The Morgan fingerprint density at radius 3 is 2.76 bits per heavy atom. The molecule has 0 spiro atoms. The fourth-order valence-corrected chi connectivity index (χ4v) is 1.97. The Hall–Kier alpha value is -2.95. The molecule has 2 heterocycles. The van der Waals surface area contributed by atoms with Crippen molar-refractivity contribution in [3.8, 4) is 0 Å². The Balaban J connectivity index is 1.62. The quantitative estimate of drug-likeness (QED) is 0.743. The van der Waals surface area contributed by atoms with Crippen molar-refractivity contribution in [1.29, 1.82) is 0 Å². The van der Waals surface area contributed by atoms with Gasteiger partial charge in [0.15, 0.2) is 11.5 Å². The summed E-state index contributed by atoms with van der Waals surface area (Å²) in [7, 11) is 0. The highest BCUT2D eigenvalue weighted by Crippen LogP contribution is 2.03. The number of fused-ring (bicyclic) bond motifs is 1. The number of aromatic nitrogens is 3. The van der Waals surface area contributed by atoms with Gasteiger partial charge in [-0.3, -0.25) is 9.20 Å². The molecule has 5 nitrogen and oxygen atoms in total. The number of amides is 1. The van der Waals surface area contributed by atoms with Crippen LogP contribution in [0.2, 0.25) is 0 Å². The second kappa shape index (κ2) is 6.00.